The fourth-order valence-corrected chi connectivity index (χ4v) is 2.39. The van der Waals surface area contributed by atoms with Crippen LogP contribution in [0.4, 0.5) is 0 Å². The van der Waals surface area contributed by atoms with Crippen molar-refractivity contribution in [2.75, 3.05) is 13.1 Å². The summed E-state index contributed by atoms with van der Waals surface area (Å²) in [5, 5.41) is 8.70. The quantitative estimate of drug-likeness (QED) is 0.678. The van der Waals surface area contributed by atoms with Gasteiger partial charge in [-0.25, -0.2) is 0 Å². The van der Waals surface area contributed by atoms with E-state index in [2.05, 4.69) is 17.9 Å². The van der Waals surface area contributed by atoms with E-state index in [0.717, 1.165) is 38.8 Å². The molecule has 1 heterocycles. The Morgan fingerprint density at radius 3 is 2.43 bits per heavy atom. The first-order chi connectivity index (χ1) is 6.61. The summed E-state index contributed by atoms with van der Waals surface area (Å²) in [5.41, 5.74) is 6.12. The van der Waals surface area contributed by atoms with E-state index in [1.165, 1.54) is 0 Å². The maximum Gasteiger partial charge on any atom is 0.0657 e. The molecule has 0 aromatic carbocycles. The number of piperidine rings is 1. The van der Waals surface area contributed by atoms with Gasteiger partial charge in [0, 0.05) is 30.6 Å². The first-order valence-corrected chi connectivity index (χ1v) is 5.53. The largest absolute Gasteiger partial charge is 0.325 e. The zero-order valence-electron chi connectivity index (χ0n) is 8.87. The number of nitriles is 1. The average molecular weight is 193 g/mol. The molecule has 1 aliphatic heterocycles. The van der Waals surface area contributed by atoms with Crippen molar-refractivity contribution in [3.63, 3.8) is 0 Å². The van der Waals surface area contributed by atoms with Gasteiger partial charge >= 0.3 is 0 Å². The minimum absolute atomic E-state index is 0.0505. The molecule has 0 aromatic rings. The molecule has 2 N–H and O–H groups in total. The Morgan fingerprint density at radius 1 is 1.36 bits per heavy atom. The fraction of sp³-hybridized carbons (Fsp3) is 0.909. The molecule has 0 atom stereocenters. The molecule has 0 aromatic heterocycles. The maximum absolute atomic E-state index is 8.70. The van der Waals surface area contributed by atoms with E-state index in [9.17, 15) is 0 Å². The molecule has 3 nitrogen and oxygen atoms in total. The van der Waals surface area contributed by atoms with Crippen molar-refractivity contribution in [2.24, 2.45) is 11.7 Å². The highest BCUT2D eigenvalue weighted by Crippen LogP contribution is 2.33. The Bertz CT molecular complexity index is 238. The molecule has 1 aliphatic carbocycles. The van der Waals surface area contributed by atoms with E-state index < -0.39 is 0 Å². The topological polar surface area (TPSA) is 53.0 Å². The van der Waals surface area contributed by atoms with E-state index >= 15 is 0 Å². The lowest BCUT2D eigenvalue weighted by Gasteiger charge is -2.45. The number of nitrogens with zero attached hydrogens (tertiary/aromatic N) is 2. The van der Waals surface area contributed by atoms with Crippen molar-refractivity contribution >= 4 is 0 Å². The van der Waals surface area contributed by atoms with Crippen molar-refractivity contribution in [3.8, 4) is 6.07 Å². The summed E-state index contributed by atoms with van der Waals surface area (Å²) in [5.74, 6) is 0.325. The molecular weight excluding hydrogens is 174 g/mol. The Hall–Kier alpha value is -0.590. The molecule has 2 fully saturated rings. The lowest BCUT2D eigenvalue weighted by molar-refractivity contribution is 0.0608. The van der Waals surface area contributed by atoms with Crippen LogP contribution in [-0.4, -0.2) is 29.6 Å². The molecule has 14 heavy (non-hydrogen) atoms. The summed E-state index contributed by atoms with van der Waals surface area (Å²) >= 11 is 0. The van der Waals surface area contributed by atoms with Gasteiger partial charge in [-0.05, 0) is 32.6 Å². The van der Waals surface area contributed by atoms with Gasteiger partial charge < -0.3 is 10.6 Å². The first-order valence-electron chi connectivity index (χ1n) is 5.53. The summed E-state index contributed by atoms with van der Waals surface area (Å²) in [6.07, 6.45) is 4.36. The number of nitrogens with two attached hydrogens (primary N) is 1. The average Bonchev–Trinajstić information content (AvgIpc) is 2.06. The van der Waals surface area contributed by atoms with Crippen LogP contribution in [0.15, 0.2) is 0 Å². The molecule has 1 saturated carbocycles. The lowest BCUT2D eigenvalue weighted by Crippen LogP contribution is -2.54. The first kappa shape index (κ1) is 9.95. The molecule has 1 saturated heterocycles. The molecule has 0 radical (unpaired) electrons. The third kappa shape index (κ3) is 1.92. The van der Waals surface area contributed by atoms with Gasteiger partial charge in [-0.3, -0.25) is 0 Å². The summed E-state index contributed by atoms with van der Waals surface area (Å²) in [6.45, 7) is 4.38. The summed E-state index contributed by atoms with van der Waals surface area (Å²) in [6, 6.07) is 3.01. The second-order valence-corrected chi connectivity index (χ2v) is 5.14. The van der Waals surface area contributed by atoms with E-state index in [-0.39, 0.29) is 5.54 Å². The zero-order valence-corrected chi connectivity index (χ0v) is 8.87. The van der Waals surface area contributed by atoms with Gasteiger partial charge in [0.2, 0.25) is 0 Å². The van der Waals surface area contributed by atoms with Crippen molar-refractivity contribution < 1.29 is 0 Å². The summed E-state index contributed by atoms with van der Waals surface area (Å²) in [7, 11) is 0. The van der Waals surface area contributed by atoms with Crippen LogP contribution in [-0.2, 0) is 0 Å². The second-order valence-electron chi connectivity index (χ2n) is 5.14. The van der Waals surface area contributed by atoms with Crippen molar-refractivity contribution in [1.29, 1.82) is 5.26 Å². The van der Waals surface area contributed by atoms with Gasteiger partial charge in [-0.15, -0.1) is 0 Å². The number of likely N-dealkylation sites (tertiary alicyclic amines) is 1. The van der Waals surface area contributed by atoms with E-state index in [4.69, 9.17) is 11.0 Å². The van der Waals surface area contributed by atoms with Crippen molar-refractivity contribution in [1.82, 2.24) is 4.90 Å². The molecular formula is C11H19N3. The Balaban J connectivity index is 1.78. The molecule has 2 aliphatic rings. The van der Waals surface area contributed by atoms with Crippen molar-refractivity contribution in [2.45, 2.75) is 44.2 Å². The van der Waals surface area contributed by atoms with E-state index in [1.54, 1.807) is 0 Å². The summed E-state index contributed by atoms with van der Waals surface area (Å²) in [4.78, 5) is 2.52. The third-order valence-corrected chi connectivity index (χ3v) is 3.75. The predicted molar refractivity (Wildman–Crippen MR) is 55.5 cm³/mol. The van der Waals surface area contributed by atoms with Crippen LogP contribution in [0.2, 0.25) is 0 Å². The number of hydrogen-bond donors (Lipinski definition) is 1. The Labute approximate surface area is 85.9 Å². The van der Waals surface area contributed by atoms with Crippen LogP contribution >= 0.6 is 0 Å². The van der Waals surface area contributed by atoms with Gasteiger partial charge in [0.25, 0.3) is 0 Å². The Kier molecular flexibility index (Phi) is 2.50. The van der Waals surface area contributed by atoms with Crippen LogP contribution < -0.4 is 5.73 Å². The highest BCUT2D eigenvalue weighted by molar-refractivity contribution is 5.00. The van der Waals surface area contributed by atoms with Crippen LogP contribution in [0.1, 0.15) is 32.6 Å². The minimum atomic E-state index is 0.0505. The number of hydrogen-bond acceptors (Lipinski definition) is 3. The molecule has 2 rings (SSSR count). The fourth-order valence-electron chi connectivity index (χ4n) is 2.39. The molecule has 3 heteroatoms. The van der Waals surface area contributed by atoms with Crippen LogP contribution in [0.25, 0.3) is 0 Å². The van der Waals surface area contributed by atoms with Crippen LogP contribution in [0.3, 0.4) is 0 Å². The molecule has 0 unspecified atom stereocenters. The van der Waals surface area contributed by atoms with Gasteiger partial charge in [-0.1, -0.05) is 0 Å². The third-order valence-electron chi connectivity index (χ3n) is 3.75. The molecule has 78 valence electrons. The normalized spacial score (nSPS) is 37.2. The SMILES string of the molecule is CC1(N)CCN(C2CC(C#N)C2)CC1. The zero-order chi connectivity index (χ0) is 10.2. The van der Waals surface area contributed by atoms with Gasteiger partial charge in [0.05, 0.1) is 6.07 Å². The highest BCUT2D eigenvalue weighted by Gasteiger charge is 2.36. The maximum atomic E-state index is 8.70. The van der Waals surface area contributed by atoms with E-state index in [1.807, 2.05) is 0 Å². The predicted octanol–water partition coefficient (Wildman–Crippen LogP) is 1.10. The van der Waals surface area contributed by atoms with Crippen LogP contribution in [0, 0.1) is 17.2 Å². The second kappa shape index (κ2) is 3.52. The Morgan fingerprint density at radius 2 is 1.93 bits per heavy atom. The van der Waals surface area contributed by atoms with Gasteiger partial charge in [0.15, 0.2) is 0 Å². The molecule has 0 amide bonds. The minimum Gasteiger partial charge on any atom is -0.325 e. The number of rotatable bonds is 1. The lowest BCUT2D eigenvalue weighted by atomic mass is 9.78. The highest BCUT2D eigenvalue weighted by atomic mass is 15.2. The van der Waals surface area contributed by atoms with Gasteiger partial charge in [0.1, 0.15) is 0 Å². The monoisotopic (exact) mass is 193 g/mol. The van der Waals surface area contributed by atoms with Crippen LogP contribution in [0.5, 0.6) is 0 Å². The molecule has 0 spiro atoms. The standard InChI is InChI=1S/C11H19N3/c1-11(13)2-4-14(5-3-11)10-6-9(7-10)8-12/h9-10H,2-7,13H2,1H3. The summed E-state index contributed by atoms with van der Waals surface area (Å²) < 4.78 is 0. The smallest absolute Gasteiger partial charge is 0.0657 e. The van der Waals surface area contributed by atoms with Gasteiger partial charge in [-0.2, -0.15) is 5.26 Å². The molecule has 0 bridgehead atoms. The van der Waals surface area contributed by atoms with E-state index in [0.29, 0.717) is 12.0 Å². The van der Waals surface area contributed by atoms with Crippen molar-refractivity contribution in [3.05, 3.63) is 0 Å².